The van der Waals surface area contributed by atoms with Crippen LogP contribution >= 0.6 is 0 Å². The first-order chi connectivity index (χ1) is 8.65. The summed E-state index contributed by atoms with van der Waals surface area (Å²) in [6.07, 6.45) is 11.4. The Morgan fingerprint density at radius 2 is 1.94 bits per heavy atom. The van der Waals surface area contributed by atoms with Crippen molar-refractivity contribution in [1.29, 1.82) is 0 Å². The molecule has 0 aliphatic heterocycles. The topological polar surface area (TPSA) is 43.8 Å². The number of nitrogens with two attached hydrogens (primary N) is 1. The molecule has 1 aromatic heterocycles. The van der Waals surface area contributed by atoms with Crippen LogP contribution in [0.25, 0.3) is 0 Å². The SMILES string of the molecule is CC[C@@H](N)c1cncn1CCCCCCC(C)C. The molecule has 104 valence electrons. The normalized spacial score (nSPS) is 13.2. The van der Waals surface area contributed by atoms with E-state index in [9.17, 15) is 0 Å². The fraction of sp³-hybridized carbons (Fsp3) is 0.800. The lowest BCUT2D eigenvalue weighted by Gasteiger charge is -2.12. The lowest BCUT2D eigenvalue weighted by Crippen LogP contribution is -2.14. The molecule has 0 fully saturated rings. The molecule has 1 rings (SSSR count). The van der Waals surface area contributed by atoms with Gasteiger partial charge in [-0.2, -0.15) is 0 Å². The van der Waals surface area contributed by atoms with Crippen molar-refractivity contribution in [3.63, 3.8) is 0 Å². The van der Waals surface area contributed by atoms with E-state index in [1.165, 1.54) is 37.8 Å². The van der Waals surface area contributed by atoms with E-state index in [-0.39, 0.29) is 6.04 Å². The predicted octanol–water partition coefficient (Wildman–Crippen LogP) is 3.90. The van der Waals surface area contributed by atoms with Gasteiger partial charge in [0.25, 0.3) is 0 Å². The molecule has 18 heavy (non-hydrogen) atoms. The van der Waals surface area contributed by atoms with Crippen LogP contribution in [0, 0.1) is 5.92 Å². The summed E-state index contributed by atoms with van der Waals surface area (Å²) in [5, 5.41) is 0. The second-order valence-electron chi connectivity index (χ2n) is 5.62. The van der Waals surface area contributed by atoms with E-state index < -0.39 is 0 Å². The van der Waals surface area contributed by atoms with Crippen LogP contribution in [0.4, 0.5) is 0 Å². The van der Waals surface area contributed by atoms with Crippen LogP contribution in [0.3, 0.4) is 0 Å². The molecule has 1 aromatic rings. The zero-order valence-corrected chi connectivity index (χ0v) is 12.2. The molecular weight excluding hydrogens is 222 g/mol. The third-order valence-electron chi connectivity index (χ3n) is 3.49. The van der Waals surface area contributed by atoms with E-state index >= 15 is 0 Å². The van der Waals surface area contributed by atoms with Gasteiger partial charge in [-0.05, 0) is 18.8 Å². The van der Waals surface area contributed by atoms with Crippen molar-refractivity contribution in [1.82, 2.24) is 9.55 Å². The number of hydrogen-bond donors (Lipinski definition) is 1. The van der Waals surface area contributed by atoms with Gasteiger partial charge in [0.05, 0.1) is 12.0 Å². The van der Waals surface area contributed by atoms with Crippen LogP contribution < -0.4 is 5.73 Å². The molecule has 0 saturated carbocycles. The monoisotopic (exact) mass is 251 g/mol. The van der Waals surface area contributed by atoms with Gasteiger partial charge in [-0.25, -0.2) is 4.98 Å². The second kappa shape index (κ2) is 8.30. The lowest BCUT2D eigenvalue weighted by molar-refractivity contribution is 0.497. The Balaban J connectivity index is 2.21. The van der Waals surface area contributed by atoms with E-state index in [2.05, 4.69) is 30.3 Å². The average molecular weight is 251 g/mol. The van der Waals surface area contributed by atoms with Gasteiger partial charge in [0.15, 0.2) is 0 Å². The van der Waals surface area contributed by atoms with Crippen LogP contribution in [0.1, 0.15) is 71.0 Å². The van der Waals surface area contributed by atoms with Crippen molar-refractivity contribution in [2.24, 2.45) is 11.7 Å². The summed E-state index contributed by atoms with van der Waals surface area (Å²) in [4.78, 5) is 4.21. The Labute approximate surface area is 112 Å². The molecule has 0 aliphatic rings. The van der Waals surface area contributed by atoms with Crippen molar-refractivity contribution in [2.75, 3.05) is 0 Å². The second-order valence-corrected chi connectivity index (χ2v) is 5.62. The third-order valence-corrected chi connectivity index (χ3v) is 3.49. The van der Waals surface area contributed by atoms with Crippen LogP contribution in [-0.4, -0.2) is 9.55 Å². The molecule has 0 unspecified atom stereocenters. The smallest absolute Gasteiger partial charge is 0.0948 e. The maximum Gasteiger partial charge on any atom is 0.0948 e. The Morgan fingerprint density at radius 1 is 1.22 bits per heavy atom. The van der Waals surface area contributed by atoms with Gasteiger partial charge in [-0.15, -0.1) is 0 Å². The molecule has 3 heteroatoms. The number of unbranched alkanes of at least 4 members (excludes halogenated alkanes) is 3. The fourth-order valence-electron chi connectivity index (χ4n) is 2.22. The number of nitrogens with zero attached hydrogens (tertiary/aromatic N) is 2. The van der Waals surface area contributed by atoms with Crippen molar-refractivity contribution in [2.45, 2.75) is 71.9 Å². The predicted molar refractivity (Wildman–Crippen MR) is 77.4 cm³/mol. The lowest BCUT2D eigenvalue weighted by atomic mass is 10.0. The van der Waals surface area contributed by atoms with Crippen molar-refractivity contribution >= 4 is 0 Å². The first-order valence-electron chi connectivity index (χ1n) is 7.40. The summed E-state index contributed by atoms with van der Waals surface area (Å²) >= 11 is 0. The Morgan fingerprint density at radius 3 is 2.61 bits per heavy atom. The summed E-state index contributed by atoms with van der Waals surface area (Å²) < 4.78 is 2.22. The summed E-state index contributed by atoms with van der Waals surface area (Å²) in [6.45, 7) is 7.77. The molecule has 3 nitrogen and oxygen atoms in total. The van der Waals surface area contributed by atoms with Gasteiger partial charge in [0.2, 0.25) is 0 Å². The quantitative estimate of drug-likeness (QED) is 0.676. The first kappa shape index (κ1) is 15.2. The highest BCUT2D eigenvalue weighted by molar-refractivity contribution is 5.03. The maximum absolute atomic E-state index is 6.06. The van der Waals surface area contributed by atoms with Gasteiger partial charge in [0, 0.05) is 18.8 Å². The maximum atomic E-state index is 6.06. The molecule has 0 aromatic carbocycles. The average Bonchev–Trinajstić information content (AvgIpc) is 2.80. The standard InChI is InChI=1S/C15H29N3/c1-4-14(16)15-11-17-12-18(15)10-8-6-5-7-9-13(2)3/h11-14H,4-10,16H2,1-3H3/t14-/m1/s1. The van der Waals surface area contributed by atoms with Crippen molar-refractivity contribution in [3.8, 4) is 0 Å². The highest BCUT2D eigenvalue weighted by Crippen LogP contribution is 2.15. The summed E-state index contributed by atoms with van der Waals surface area (Å²) in [6, 6.07) is 0.133. The number of aryl methyl sites for hydroxylation is 1. The molecule has 1 atom stereocenters. The molecule has 0 radical (unpaired) electrons. The Bertz CT molecular complexity index is 317. The fourth-order valence-corrected chi connectivity index (χ4v) is 2.22. The minimum atomic E-state index is 0.133. The molecule has 0 aliphatic carbocycles. The molecule has 2 N–H and O–H groups in total. The number of aromatic nitrogens is 2. The van der Waals surface area contributed by atoms with Gasteiger partial charge < -0.3 is 10.3 Å². The van der Waals surface area contributed by atoms with Crippen LogP contribution in [0.15, 0.2) is 12.5 Å². The summed E-state index contributed by atoms with van der Waals surface area (Å²) in [7, 11) is 0. The summed E-state index contributed by atoms with van der Waals surface area (Å²) in [5.74, 6) is 0.841. The number of hydrogen-bond acceptors (Lipinski definition) is 2. The number of imidazole rings is 1. The zero-order chi connectivity index (χ0) is 13.4. The summed E-state index contributed by atoms with van der Waals surface area (Å²) in [5.41, 5.74) is 7.24. The van der Waals surface area contributed by atoms with Crippen LogP contribution in [0.5, 0.6) is 0 Å². The van der Waals surface area contributed by atoms with E-state index in [1.807, 2.05) is 12.5 Å². The van der Waals surface area contributed by atoms with Gasteiger partial charge >= 0.3 is 0 Å². The Kier molecular flexibility index (Phi) is 7.02. The molecule has 0 amide bonds. The van der Waals surface area contributed by atoms with E-state index in [4.69, 9.17) is 5.73 Å². The Hall–Kier alpha value is -0.830. The molecule has 0 bridgehead atoms. The van der Waals surface area contributed by atoms with Gasteiger partial charge in [-0.3, -0.25) is 0 Å². The van der Waals surface area contributed by atoms with Crippen molar-refractivity contribution < 1.29 is 0 Å². The zero-order valence-electron chi connectivity index (χ0n) is 12.2. The molecular formula is C15H29N3. The molecule has 0 spiro atoms. The minimum absolute atomic E-state index is 0.133. The van der Waals surface area contributed by atoms with Crippen LogP contribution in [0.2, 0.25) is 0 Å². The minimum Gasteiger partial charge on any atom is -0.333 e. The molecule has 1 heterocycles. The number of rotatable bonds is 9. The molecule has 0 saturated heterocycles. The first-order valence-corrected chi connectivity index (χ1v) is 7.40. The van der Waals surface area contributed by atoms with Gasteiger partial charge in [-0.1, -0.05) is 46.5 Å². The van der Waals surface area contributed by atoms with Crippen molar-refractivity contribution in [3.05, 3.63) is 18.2 Å². The largest absolute Gasteiger partial charge is 0.333 e. The highest BCUT2D eigenvalue weighted by atomic mass is 15.1. The van der Waals surface area contributed by atoms with Crippen LogP contribution in [-0.2, 0) is 6.54 Å². The highest BCUT2D eigenvalue weighted by Gasteiger charge is 2.08. The third kappa shape index (κ3) is 5.21. The van der Waals surface area contributed by atoms with E-state index in [1.54, 1.807) is 0 Å². The van der Waals surface area contributed by atoms with E-state index in [0.29, 0.717) is 0 Å². The van der Waals surface area contributed by atoms with E-state index in [0.717, 1.165) is 18.9 Å². The van der Waals surface area contributed by atoms with Gasteiger partial charge in [0.1, 0.15) is 0 Å².